The van der Waals surface area contributed by atoms with Gasteiger partial charge in [0.25, 0.3) is 0 Å². The molecule has 0 amide bonds. The number of hydrogen-bond acceptors (Lipinski definition) is 3. The Morgan fingerprint density at radius 3 is 2.76 bits per heavy atom. The Morgan fingerprint density at radius 2 is 2.05 bits per heavy atom. The van der Waals surface area contributed by atoms with Crippen molar-refractivity contribution in [2.24, 2.45) is 0 Å². The number of halogens is 1. The molecular weight excluding hydrogens is 326 g/mol. The van der Waals surface area contributed by atoms with E-state index in [9.17, 15) is 0 Å². The SMILES string of the molecule is Cc1ccc(-c2nc3c(c(C(C)C)n2)CCNC3)c(Br)c1. The van der Waals surface area contributed by atoms with E-state index in [0.29, 0.717) is 5.92 Å². The van der Waals surface area contributed by atoms with Crippen LogP contribution in [0.4, 0.5) is 0 Å². The van der Waals surface area contributed by atoms with Gasteiger partial charge in [-0.25, -0.2) is 9.97 Å². The summed E-state index contributed by atoms with van der Waals surface area (Å²) >= 11 is 3.65. The Kier molecular flexibility index (Phi) is 4.09. The lowest BCUT2D eigenvalue weighted by Gasteiger charge is -2.22. The van der Waals surface area contributed by atoms with E-state index < -0.39 is 0 Å². The van der Waals surface area contributed by atoms with Gasteiger partial charge in [-0.1, -0.05) is 35.8 Å². The Morgan fingerprint density at radius 1 is 1.24 bits per heavy atom. The molecule has 1 N–H and O–H groups in total. The van der Waals surface area contributed by atoms with Crippen LogP contribution in [-0.2, 0) is 13.0 Å². The minimum absolute atomic E-state index is 0.419. The van der Waals surface area contributed by atoms with Gasteiger partial charge in [-0.05, 0) is 49.1 Å². The summed E-state index contributed by atoms with van der Waals surface area (Å²) in [5, 5.41) is 3.41. The van der Waals surface area contributed by atoms with Crippen LogP contribution < -0.4 is 5.32 Å². The van der Waals surface area contributed by atoms with Gasteiger partial charge in [-0.2, -0.15) is 0 Å². The zero-order chi connectivity index (χ0) is 15.0. The highest BCUT2D eigenvalue weighted by Crippen LogP contribution is 2.30. The van der Waals surface area contributed by atoms with Crippen LogP contribution in [0.15, 0.2) is 22.7 Å². The van der Waals surface area contributed by atoms with E-state index in [4.69, 9.17) is 9.97 Å². The lowest BCUT2D eigenvalue weighted by atomic mass is 9.97. The Hall–Kier alpha value is -1.26. The number of nitrogens with zero attached hydrogens (tertiary/aromatic N) is 2. The zero-order valence-electron chi connectivity index (χ0n) is 12.7. The molecule has 21 heavy (non-hydrogen) atoms. The molecule has 2 aromatic rings. The number of rotatable bonds is 2. The second kappa shape index (κ2) is 5.85. The van der Waals surface area contributed by atoms with Crippen LogP contribution in [0.1, 0.15) is 42.3 Å². The first-order valence-electron chi connectivity index (χ1n) is 7.43. The standard InChI is InChI=1S/C17H20BrN3/c1-10(2)16-13-6-7-19-9-15(13)20-17(21-16)12-5-4-11(3)8-14(12)18/h4-5,8,10,19H,6-7,9H2,1-3H3. The van der Waals surface area contributed by atoms with E-state index >= 15 is 0 Å². The van der Waals surface area contributed by atoms with Gasteiger partial charge in [0.1, 0.15) is 0 Å². The third kappa shape index (κ3) is 2.87. The molecule has 1 aliphatic rings. The van der Waals surface area contributed by atoms with E-state index in [-0.39, 0.29) is 0 Å². The predicted octanol–water partition coefficient (Wildman–Crippen LogP) is 3.98. The lowest BCUT2D eigenvalue weighted by Crippen LogP contribution is -2.27. The Balaban J connectivity index is 2.17. The molecule has 2 heterocycles. The van der Waals surface area contributed by atoms with Crippen LogP contribution in [0.25, 0.3) is 11.4 Å². The van der Waals surface area contributed by atoms with Crippen molar-refractivity contribution in [3.05, 3.63) is 45.2 Å². The first-order chi connectivity index (χ1) is 10.1. The molecule has 0 aliphatic carbocycles. The molecule has 0 unspecified atom stereocenters. The summed E-state index contributed by atoms with van der Waals surface area (Å²) in [6.07, 6.45) is 1.03. The summed E-state index contributed by atoms with van der Waals surface area (Å²) in [6.45, 7) is 8.36. The fourth-order valence-electron chi connectivity index (χ4n) is 2.79. The number of nitrogens with one attached hydrogen (secondary N) is 1. The lowest BCUT2D eigenvalue weighted by molar-refractivity contribution is 0.609. The number of benzene rings is 1. The molecular formula is C17H20BrN3. The summed E-state index contributed by atoms with van der Waals surface area (Å²) in [4.78, 5) is 9.69. The molecule has 1 aliphatic heterocycles. The first kappa shape index (κ1) is 14.7. The number of aryl methyl sites for hydroxylation is 1. The maximum absolute atomic E-state index is 4.88. The van der Waals surface area contributed by atoms with Gasteiger partial charge in [0.05, 0.1) is 11.4 Å². The predicted molar refractivity (Wildman–Crippen MR) is 89.4 cm³/mol. The molecule has 0 fully saturated rings. The molecule has 0 bridgehead atoms. The average Bonchev–Trinajstić information content (AvgIpc) is 2.46. The average molecular weight is 346 g/mol. The van der Waals surface area contributed by atoms with Gasteiger partial charge in [-0.15, -0.1) is 0 Å². The van der Waals surface area contributed by atoms with Crippen LogP contribution in [0.2, 0.25) is 0 Å². The maximum atomic E-state index is 4.88. The fourth-order valence-corrected chi connectivity index (χ4v) is 3.46. The fraction of sp³-hybridized carbons (Fsp3) is 0.412. The second-order valence-electron chi connectivity index (χ2n) is 5.92. The topological polar surface area (TPSA) is 37.8 Å². The largest absolute Gasteiger partial charge is 0.311 e. The molecule has 0 atom stereocenters. The third-order valence-corrected chi connectivity index (χ3v) is 4.54. The van der Waals surface area contributed by atoms with Crippen LogP contribution in [0, 0.1) is 6.92 Å². The molecule has 0 radical (unpaired) electrons. The highest BCUT2D eigenvalue weighted by molar-refractivity contribution is 9.10. The molecule has 0 saturated heterocycles. The summed E-state index contributed by atoms with van der Waals surface area (Å²) in [5.74, 6) is 1.25. The minimum atomic E-state index is 0.419. The highest BCUT2D eigenvalue weighted by Gasteiger charge is 2.20. The molecule has 3 nitrogen and oxygen atoms in total. The molecule has 0 saturated carbocycles. The van der Waals surface area contributed by atoms with Crippen molar-refractivity contribution in [3.63, 3.8) is 0 Å². The monoisotopic (exact) mass is 345 g/mol. The normalized spacial score (nSPS) is 14.3. The third-order valence-electron chi connectivity index (χ3n) is 3.88. The smallest absolute Gasteiger partial charge is 0.160 e. The maximum Gasteiger partial charge on any atom is 0.160 e. The van der Waals surface area contributed by atoms with Crippen molar-refractivity contribution in [1.82, 2.24) is 15.3 Å². The van der Waals surface area contributed by atoms with Crippen LogP contribution >= 0.6 is 15.9 Å². The minimum Gasteiger partial charge on any atom is -0.311 e. The van der Waals surface area contributed by atoms with E-state index in [1.54, 1.807) is 0 Å². The van der Waals surface area contributed by atoms with E-state index in [1.165, 1.54) is 16.8 Å². The molecule has 1 aromatic heterocycles. The number of hydrogen-bond donors (Lipinski definition) is 1. The number of fused-ring (bicyclic) bond motifs is 1. The summed E-state index contributed by atoms with van der Waals surface area (Å²) in [7, 11) is 0. The van der Waals surface area contributed by atoms with Crippen molar-refractivity contribution in [3.8, 4) is 11.4 Å². The van der Waals surface area contributed by atoms with E-state index in [2.05, 4.69) is 60.2 Å². The van der Waals surface area contributed by atoms with Crippen molar-refractivity contribution >= 4 is 15.9 Å². The van der Waals surface area contributed by atoms with Crippen molar-refractivity contribution < 1.29 is 0 Å². The molecule has 3 rings (SSSR count). The summed E-state index contributed by atoms with van der Waals surface area (Å²) in [5.41, 5.74) is 5.99. The van der Waals surface area contributed by atoms with Crippen LogP contribution in [0.3, 0.4) is 0 Å². The van der Waals surface area contributed by atoms with Crippen LogP contribution in [0.5, 0.6) is 0 Å². The summed E-state index contributed by atoms with van der Waals surface area (Å²) < 4.78 is 1.06. The molecule has 1 aromatic carbocycles. The van der Waals surface area contributed by atoms with Crippen molar-refractivity contribution in [2.75, 3.05) is 6.54 Å². The van der Waals surface area contributed by atoms with Gasteiger partial charge in [0, 0.05) is 16.6 Å². The first-order valence-corrected chi connectivity index (χ1v) is 8.22. The van der Waals surface area contributed by atoms with Crippen molar-refractivity contribution in [1.29, 1.82) is 0 Å². The van der Waals surface area contributed by atoms with E-state index in [1.807, 2.05) is 0 Å². The Labute approximate surface area is 134 Å². The highest BCUT2D eigenvalue weighted by atomic mass is 79.9. The van der Waals surface area contributed by atoms with Gasteiger partial charge in [0.15, 0.2) is 5.82 Å². The molecule has 4 heteroatoms. The van der Waals surface area contributed by atoms with Gasteiger partial charge in [0.2, 0.25) is 0 Å². The van der Waals surface area contributed by atoms with Gasteiger partial charge < -0.3 is 5.32 Å². The molecule has 0 spiro atoms. The van der Waals surface area contributed by atoms with Gasteiger partial charge in [-0.3, -0.25) is 0 Å². The Bertz CT molecular complexity index is 680. The van der Waals surface area contributed by atoms with Crippen LogP contribution in [-0.4, -0.2) is 16.5 Å². The second-order valence-corrected chi connectivity index (χ2v) is 6.78. The van der Waals surface area contributed by atoms with E-state index in [0.717, 1.165) is 41.1 Å². The molecule has 110 valence electrons. The summed E-state index contributed by atoms with van der Waals surface area (Å²) in [6, 6.07) is 6.32. The quantitative estimate of drug-likeness (QED) is 0.894. The number of aromatic nitrogens is 2. The van der Waals surface area contributed by atoms with Crippen molar-refractivity contribution in [2.45, 2.75) is 39.7 Å². The van der Waals surface area contributed by atoms with Gasteiger partial charge >= 0.3 is 0 Å². The zero-order valence-corrected chi connectivity index (χ0v) is 14.3.